The highest BCUT2D eigenvalue weighted by Gasteiger charge is 2.51. The van der Waals surface area contributed by atoms with E-state index in [2.05, 4.69) is 17.1 Å². The number of carbonyl (C=O) groups is 1. The number of amides is 1. The van der Waals surface area contributed by atoms with E-state index in [-0.39, 0.29) is 11.5 Å². The largest absolute Gasteiger partial charge is 0.377 e. The van der Waals surface area contributed by atoms with E-state index in [1.807, 2.05) is 0 Å². The zero-order valence-corrected chi connectivity index (χ0v) is 12.0. The van der Waals surface area contributed by atoms with Gasteiger partial charge >= 0.3 is 0 Å². The molecule has 1 saturated carbocycles. The van der Waals surface area contributed by atoms with E-state index >= 15 is 0 Å². The van der Waals surface area contributed by atoms with Crippen LogP contribution in [-0.2, 0) is 9.53 Å². The number of carbonyl (C=O) groups excluding carboxylic acids is 1. The molecule has 3 fully saturated rings. The van der Waals surface area contributed by atoms with Crippen LogP contribution in [0.1, 0.15) is 39.0 Å². The molecule has 2 aliphatic heterocycles. The Hall–Kier alpha value is -0.610. The Balaban J connectivity index is 1.77. The third-order valence-corrected chi connectivity index (χ3v) is 5.20. The van der Waals surface area contributed by atoms with Crippen molar-refractivity contribution in [3.63, 3.8) is 0 Å². The summed E-state index contributed by atoms with van der Waals surface area (Å²) in [6.45, 7) is 6.44. The van der Waals surface area contributed by atoms with Crippen LogP contribution in [0, 0.1) is 11.3 Å². The Bertz CT molecular complexity index is 347. The van der Waals surface area contributed by atoms with Crippen LogP contribution in [0.5, 0.6) is 0 Å². The van der Waals surface area contributed by atoms with E-state index in [9.17, 15) is 4.79 Å². The molecule has 0 aromatic heterocycles. The Labute approximate surface area is 115 Å². The monoisotopic (exact) mass is 266 g/mol. The van der Waals surface area contributed by atoms with Crippen molar-refractivity contribution in [3.8, 4) is 0 Å². The van der Waals surface area contributed by atoms with Gasteiger partial charge in [0.15, 0.2) is 0 Å². The Morgan fingerprint density at radius 2 is 2.26 bits per heavy atom. The minimum absolute atomic E-state index is 0.0949. The quantitative estimate of drug-likeness (QED) is 0.780. The van der Waals surface area contributed by atoms with Crippen molar-refractivity contribution in [1.82, 2.24) is 10.2 Å². The molecule has 0 aromatic rings. The second-order valence-corrected chi connectivity index (χ2v) is 6.52. The standard InChI is InChI=1S/C15H26N2O2/c1-12-10-17(7-4-8-19-12)14(18)15-6-3-2-5-13(15)9-16-11-15/h12-13,16H,2-11H2,1H3/t12?,13-,15+/m0/s1. The smallest absolute Gasteiger partial charge is 0.230 e. The maximum atomic E-state index is 13.1. The molecule has 4 heteroatoms. The fourth-order valence-corrected chi connectivity index (χ4v) is 4.16. The molecule has 3 aliphatic rings. The molecule has 3 atom stereocenters. The average molecular weight is 266 g/mol. The lowest BCUT2D eigenvalue weighted by molar-refractivity contribution is -0.146. The number of nitrogens with zero attached hydrogens (tertiary/aromatic N) is 1. The van der Waals surface area contributed by atoms with Crippen LogP contribution in [0.15, 0.2) is 0 Å². The van der Waals surface area contributed by atoms with E-state index in [0.717, 1.165) is 45.6 Å². The van der Waals surface area contributed by atoms with Crippen molar-refractivity contribution in [2.75, 3.05) is 32.8 Å². The van der Waals surface area contributed by atoms with Crippen LogP contribution in [0.4, 0.5) is 0 Å². The van der Waals surface area contributed by atoms with Gasteiger partial charge in [0.05, 0.1) is 11.5 Å². The lowest BCUT2D eigenvalue weighted by Gasteiger charge is -2.40. The number of hydrogen-bond acceptors (Lipinski definition) is 3. The Morgan fingerprint density at radius 3 is 3.16 bits per heavy atom. The van der Waals surface area contributed by atoms with E-state index < -0.39 is 0 Å². The molecule has 0 bridgehead atoms. The fraction of sp³-hybridized carbons (Fsp3) is 0.933. The summed E-state index contributed by atoms with van der Waals surface area (Å²) in [4.78, 5) is 15.2. The van der Waals surface area contributed by atoms with Gasteiger partial charge in [0.2, 0.25) is 5.91 Å². The van der Waals surface area contributed by atoms with Crippen molar-refractivity contribution < 1.29 is 9.53 Å². The number of nitrogens with one attached hydrogen (secondary N) is 1. The Morgan fingerprint density at radius 1 is 1.37 bits per heavy atom. The maximum absolute atomic E-state index is 13.1. The highest BCUT2D eigenvalue weighted by Crippen LogP contribution is 2.45. The van der Waals surface area contributed by atoms with Crippen LogP contribution >= 0.6 is 0 Å². The van der Waals surface area contributed by atoms with Crippen LogP contribution < -0.4 is 5.32 Å². The average Bonchev–Trinajstić information content (AvgIpc) is 2.75. The molecule has 19 heavy (non-hydrogen) atoms. The van der Waals surface area contributed by atoms with Gasteiger partial charge in [-0.2, -0.15) is 0 Å². The number of hydrogen-bond donors (Lipinski definition) is 1. The molecule has 2 heterocycles. The summed E-state index contributed by atoms with van der Waals surface area (Å²) in [6.07, 6.45) is 5.96. The van der Waals surface area contributed by atoms with Crippen LogP contribution in [0.2, 0.25) is 0 Å². The minimum atomic E-state index is -0.0949. The molecule has 4 nitrogen and oxygen atoms in total. The SMILES string of the molecule is CC1CN(C(=O)[C@@]23CCCC[C@H]2CNC3)CCCO1. The molecule has 1 amide bonds. The van der Waals surface area contributed by atoms with Crippen molar-refractivity contribution in [2.24, 2.45) is 11.3 Å². The first-order valence-electron chi connectivity index (χ1n) is 7.84. The minimum Gasteiger partial charge on any atom is -0.377 e. The molecule has 0 aromatic carbocycles. The molecule has 2 saturated heterocycles. The molecule has 3 rings (SSSR count). The number of ether oxygens (including phenoxy) is 1. The van der Waals surface area contributed by atoms with E-state index in [0.29, 0.717) is 11.8 Å². The molecule has 108 valence electrons. The van der Waals surface area contributed by atoms with Crippen LogP contribution in [0.25, 0.3) is 0 Å². The summed E-state index contributed by atoms with van der Waals surface area (Å²) in [5.74, 6) is 0.966. The fourth-order valence-electron chi connectivity index (χ4n) is 4.16. The molecular weight excluding hydrogens is 240 g/mol. The predicted molar refractivity (Wildman–Crippen MR) is 73.9 cm³/mol. The zero-order valence-electron chi connectivity index (χ0n) is 12.0. The molecular formula is C15H26N2O2. The third-order valence-electron chi connectivity index (χ3n) is 5.20. The highest BCUT2D eigenvalue weighted by molar-refractivity contribution is 5.84. The lowest BCUT2D eigenvalue weighted by Crippen LogP contribution is -2.51. The van der Waals surface area contributed by atoms with Gasteiger partial charge in [-0.15, -0.1) is 0 Å². The Kier molecular flexibility index (Phi) is 3.81. The van der Waals surface area contributed by atoms with Gasteiger partial charge < -0.3 is 15.0 Å². The maximum Gasteiger partial charge on any atom is 0.230 e. The second kappa shape index (κ2) is 5.41. The van der Waals surface area contributed by atoms with Gasteiger partial charge in [-0.3, -0.25) is 4.79 Å². The van der Waals surface area contributed by atoms with Gasteiger partial charge in [-0.05, 0) is 38.6 Å². The summed E-state index contributed by atoms with van der Waals surface area (Å²) in [5, 5.41) is 3.47. The van der Waals surface area contributed by atoms with Crippen molar-refractivity contribution in [3.05, 3.63) is 0 Å². The summed E-state index contributed by atoms with van der Waals surface area (Å²) in [5.41, 5.74) is -0.0949. The predicted octanol–water partition coefficient (Wildman–Crippen LogP) is 1.40. The molecule has 1 aliphatic carbocycles. The zero-order chi connectivity index (χ0) is 13.3. The van der Waals surface area contributed by atoms with Gasteiger partial charge in [-0.1, -0.05) is 12.8 Å². The molecule has 1 N–H and O–H groups in total. The number of rotatable bonds is 1. The topological polar surface area (TPSA) is 41.6 Å². The number of fused-ring (bicyclic) bond motifs is 1. The van der Waals surface area contributed by atoms with Gasteiger partial charge in [0.25, 0.3) is 0 Å². The van der Waals surface area contributed by atoms with E-state index in [4.69, 9.17) is 4.74 Å². The van der Waals surface area contributed by atoms with Gasteiger partial charge in [-0.25, -0.2) is 0 Å². The summed E-state index contributed by atoms with van der Waals surface area (Å²) >= 11 is 0. The van der Waals surface area contributed by atoms with Crippen molar-refractivity contribution in [1.29, 1.82) is 0 Å². The van der Waals surface area contributed by atoms with E-state index in [1.165, 1.54) is 19.3 Å². The summed E-state index contributed by atoms with van der Waals surface area (Å²) in [6, 6.07) is 0. The first kappa shape index (κ1) is 13.4. The van der Waals surface area contributed by atoms with Crippen LogP contribution in [0.3, 0.4) is 0 Å². The summed E-state index contributed by atoms with van der Waals surface area (Å²) in [7, 11) is 0. The van der Waals surface area contributed by atoms with Crippen molar-refractivity contribution in [2.45, 2.75) is 45.1 Å². The first-order valence-corrected chi connectivity index (χ1v) is 7.84. The van der Waals surface area contributed by atoms with E-state index in [1.54, 1.807) is 0 Å². The van der Waals surface area contributed by atoms with Crippen molar-refractivity contribution >= 4 is 5.91 Å². The van der Waals surface area contributed by atoms with Gasteiger partial charge in [0.1, 0.15) is 0 Å². The summed E-state index contributed by atoms with van der Waals surface area (Å²) < 4.78 is 5.67. The van der Waals surface area contributed by atoms with Gasteiger partial charge in [0, 0.05) is 26.2 Å². The molecule has 0 spiro atoms. The third kappa shape index (κ3) is 2.40. The molecule has 0 radical (unpaired) electrons. The lowest BCUT2D eigenvalue weighted by atomic mass is 9.67. The highest BCUT2D eigenvalue weighted by atomic mass is 16.5. The van der Waals surface area contributed by atoms with Crippen LogP contribution in [-0.4, -0.2) is 49.7 Å². The molecule has 1 unspecified atom stereocenters. The first-order chi connectivity index (χ1) is 9.22. The second-order valence-electron chi connectivity index (χ2n) is 6.52. The normalized spacial score (nSPS) is 39.7.